The van der Waals surface area contributed by atoms with Gasteiger partial charge in [-0.25, -0.2) is 8.78 Å². The molecule has 0 amide bonds. The van der Waals surface area contributed by atoms with Gasteiger partial charge < -0.3 is 5.11 Å². The molecule has 0 radical (unpaired) electrons. The van der Waals surface area contributed by atoms with Crippen molar-refractivity contribution in [2.24, 2.45) is 5.92 Å². The third-order valence-corrected chi connectivity index (χ3v) is 4.03. The first-order chi connectivity index (χ1) is 9.15. The number of rotatable bonds is 1. The van der Waals surface area contributed by atoms with Crippen molar-refractivity contribution in [3.05, 3.63) is 34.9 Å². The standard InChI is InChI=1S/C14H15F5O/c1-8-2-3-10(15)11(12(8)16)13(20)6-4-9(5-7-13)14(17,18)19/h2-3,9,20H,4-7H2,1H3. The van der Waals surface area contributed by atoms with Crippen LogP contribution in [0.5, 0.6) is 0 Å². The van der Waals surface area contributed by atoms with E-state index in [2.05, 4.69) is 0 Å². The van der Waals surface area contributed by atoms with Gasteiger partial charge in [0.1, 0.15) is 11.6 Å². The Bertz CT molecular complexity index is 501. The molecule has 0 aliphatic heterocycles. The van der Waals surface area contributed by atoms with E-state index in [1.807, 2.05) is 0 Å². The molecule has 0 unspecified atom stereocenters. The number of aliphatic hydroxyl groups is 1. The van der Waals surface area contributed by atoms with Crippen LogP contribution >= 0.6 is 0 Å². The molecular weight excluding hydrogens is 279 g/mol. The third kappa shape index (κ3) is 2.66. The summed E-state index contributed by atoms with van der Waals surface area (Å²) in [4.78, 5) is 0. The van der Waals surface area contributed by atoms with Crippen molar-refractivity contribution in [1.82, 2.24) is 0 Å². The first kappa shape index (κ1) is 15.2. The number of alkyl halides is 3. The fourth-order valence-corrected chi connectivity index (χ4v) is 2.76. The summed E-state index contributed by atoms with van der Waals surface area (Å²) < 4.78 is 65.5. The van der Waals surface area contributed by atoms with Gasteiger partial charge in [0.15, 0.2) is 0 Å². The second kappa shape index (κ2) is 4.98. The summed E-state index contributed by atoms with van der Waals surface area (Å²) in [5.41, 5.74) is -2.20. The van der Waals surface area contributed by atoms with Crippen molar-refractivity contribution < 1.29 is 27.1 Å². The monoisotopic (exact) mass is 294 g/mol. The van der Waals surface area contributed by atoms with Crippen molar-refractivity contribution in [3.8, 4) is 0 Å². The zero-order valence-corrected chi connectivity index (χ0v) is 10.9. The Morgan fingerprint density at radius 3 is 2.20 bits per heavy atom. The maximum atomic E-state index is 14.0. The highest BCUT2D eigenvalue weighted by atomic mass is 19.4. The van der Waals surface area contributed by atoms with E-state index in [0.29, 0.717) is 0 Å². The second-order valence-electron chi connectivity index (χ2n) is 5.40. The summed E-state index contributed by atoms with van der Waals surface area (Å²) in [5, 5.41) is 10.4. The quantitative estimate of drug-likeness (QED) is 0.769. The van der Waals surface area contributed by atoms with Crippen molar-refractivity contribution in [1.29, 1.82) is 0 Å². The lowest BCUT2D eigenvalue weighted by atomic mass is 9.74. The highest BCUT2D eigenvalue weighted by Crippen LogP contribution is 2.46. The molecule has 0 atom stereocenters. The minimum atomic E-state index is -4.33. The van der Waals surface area contributed by atoms with E-state index < -0.39 is 34.9 Å². The fraction of sp³-hybridized carbons (Fsp3) is 0.571. The molecule has 0 saturated heterocycles. The van der Waals surface area contributed by atoms with Gasteiger partial charge in [-0.05, 0) is 44.2 Å². The first-order valence-corrected chi connectivity index (χ1v) is 6.39. The largest absolute Gasteiger partial charge is 0.391 e. The topological polar surface area (TPSA) is 20.2 Å². The molecule has 1 fully saturated rings. The molecule has 0 aromatic heterocycles. The number of aryl methyl sites for hydroxylation is 1. The van der Waals surface area contributed by atoms with Crippen LogP contribution in [0, 0.1) is 24.5 Å². The fourth-order valence-electron chi connectivity index (χ4n) is 2.76. The summed E-state index contributed by atoms with van der Waals surface area (Å²) in [6, 6.07) is 2.26. The molecule has 1 nitrogen and oxygen atoms in total. The number of hydrogen-bond acceptors (Lipinski definition) is 1. The zero-order valence-electron chi connectivity index (χ0n) is 10.9. The van der Waals surface area contributed by atoms with Crippen molar-refractivity contribution in [2.45, 2.75) is 44.4 Å². The predicted octanol–water partition coefficient (Wildman–Crippen LogP) is 4.21. The molecule has 1 N–H and O–H groups in total. The van der Waals surface area contributed by atoms with Crippen molar-refractivity contribution in [3.63, 3.8) is 0 Å². The molecule has 1 aromatic carbocycles. The summed E-state index contributed by atoms with van der Waals surface area (Å²) in [6.07, 6.45) is -5.58. The second-order valence-corrected chi connectivity index (χ2v) is 5.40. The van der Waals surface area contributed by atoms with Gasteiger partial charge in [-0.1, -0.05) is 6.07 Å². The molecule has 0 heterocycles. The molecule has 1 aromatic rings. The number of halogens is 5. The van der Waals surface area contributed by atoms with E-state index in [1.54, 1.807) is 0 Å². The van der Waals surface area contributed by atoms with E-state index in [4.69, 9.17) is 0 Å². The average molecular weight is 294 g/mol. The molecule has 0 bridgehead atoms. The Balaban J connectivity index is 2.29. The van der Waals surface area contributed by atoms with Gasteiger partial charge in [-0.2, -0.15) is 13.2 Å². The normalized spacial score (nSPS) is 27.6. The van der Waals surface area contributed by atoms with Gasteiger partial charge in [0.25, 0.3) is 0 Å². The molecule has 2 rings (SSSR count). The van der Waals surface area contributed by atoms with Gasteiger partial charge in [0, 0.05) is 0 Å². The van der Waals surface area contributed by atoms with E-state index in [9.17, 15) is 27.1 Å². The summed E-state index contributed by atoms with van der Waals surface area (Å²) in [5.74, 6) is -3.31. The lowest BCUT2D eigenvalue weighted by Gasteiger charge is -2.37. The van der Waals surface area contributed by atoms with Crippen LogP contribution in [0.4, 0.5) is 22.0 Å². The maximum absolute atomic E-state index is 14.0. The van der Waals surface area contributed by atoms with Gasteiger partial charge >= 0.3 is 6.18 Å². The van der Waals surface area contributed by atoms with Crippen LogP contribution in [-0.4, -0.2) is 11.3 Å². The highest BCUT2D eigenvalue weighted by molar-refractivity contribution is 5.31. The van der Waals surface area contributed by atoms with Crippen LogP contribution in [0.25, 0.3) is 0 Å². The van der Waals surface area contributed by atoms with Crippen LogP contribution in [0.15, 0.2) is 12.1 Å². The summed E-state index contributed by atoms with van der Waals surface area (Å²) >= 11 is 0. The molecule has 0 spiro atoms. The third-order valence-electron chi connectivity index (χ3n) is 4.03. The Morgan fingerprint density at radius 1 is 1.15 bits per heavy atom. The van der Waals surface area contributed by atoms with E-state index >= 15 is 0 Å². The molecule has 6 heteroatoms. The maximum Gasteiger partial charge on any atom is 0.391 e. The smallest absolute Gasteiger partial charge is 0.385 e. The van der Waals surface area contributed by atoms with Gasteiger partial charge in [-0.15, -0.1) is 0 Å². The van der Waals surface area contributed by atoms with Crippen LogP contribution in [0.2, 0.25) is 0 Å². The Morgan fingerprint density at radius 2 is 1.70 bits per heavy atom. The lowest BCUT2D eigenvalue weighted by molar-refractivity contribution is -0.193. The highest BCUT2D eigenvalue weighted by Gasteiger charge is 2.47. The van der Waals surface area contributed by atoms with Gasteiger partial charge in [0.05, 0.1) is 17.1 Å². The zero-order chi connectivity index (χ0) is 15.1. The molecule has 1 aliphatic carbocycles. The van der Waals surface area contributed by atoms with Crippen molar-refractivity contribution in [2.75, 3.05) is 0 Å². The molecule has 20 heavy (non-hydrogen) atoms. The van der Waals surface area contributed by atoms with E-state index in [-0.39, 0.29) is 31.2 Å². The first-order valence-electron chi connectivity index (χ1n) is 6.39. The van der Waals surface area contributed by atoms with E-state index in [1.165, 1.54) is 13.0 Å². The van der Waals surface area contributed by atoms with E-state index in [0.717, 1.165) is 6.07 Å². The SMILES string of the molecule is Cc1ccc(F)c(C2(O)CCC(C(F)(F)F)CC2)c1F. The Hall–Kier alpha value is -1.17. The molecule has 1 aliphatic rings. The van der Waals surface area contributed by atoms with Crippen LogP contribution in [0.1, 0.15) is 36.8 Å². The van der Waals surface area contributed by atoms with Gasteiger partial charge in [0.2, 0.25) is 0 Å². The Kier molecular flexibility index (Phi) is 3.79. The minimum Gasteiger partial charge on any atom is -0.385 e. The van der Waals surface area contributed by atoms with Crippen molar-refractivity contribution >= 4 is 0 Å². The molecular formula is C14H15F5O. The number of benzene rings is 1. The minimum absolute atomic E-state index is 0.160. The molecule has 112 valence electrons. The lowest BCUT2D eigenvalue weighted by Crippen LogP contribution is -2.37. The van der Waals surface area contributed by atoms with Crippen LogP contribution in [-0.2, 0) is 5.60 Å². The van der Waals surface area contributed by atoms with Crippen LogP contribution in [0.3, 0.4) is 0 Å². The summed E-state index contributed by atoms with van der Waals surface area (Å²) in [7, 11) is 0. The number of hydrogen-bond donors (Lipinski definition) is 1. The Labute approximate surface area is 113 Å². The summed E-state index contributed by atoms with van der Waals surface area (Å²) in [6.45, 7) is 1.42. The van der Waals surface area contributed by atoms with Crippen LogP contribution < -0.4 is 0 Å². The predicted molar refractivity (Wildman–Crippen MR) is 63.0 cm³/mol. The molecule has 1 saturated carbocycles. The average Bonchev–Trinajstić information content (AvgIpc) is 2.33. The van der Waals surface area contributed by atoms with Gasteiger partial charge in [-0.3, -0.25) is 0 Å².